The van der Waals surface area contributed by atoms with E-state index in [2.05, 4.69) is 47.4 Å². The summed E-state index contributed by atoms with van der Waals surface area (Å²) in [6.07, 6.45) is 4.82. The first-order valence-corrected chi connectivity index (χ1v) is 9.33. The van der Waals surface area contributed by atoms with Gasteiger partial charge in [0.2, 0.25) is 0 Å². The second kappa shape index (κ2) is 7.09. The zero-order valence-corrected chi connectivity index (χ0v) is 15.2. The smallest absolute Gasteiger partial charge is 0.164 e. The monoisotopic (exact) mass is 337 g/mol. The van der Waals surface area contributed by atoms with E-state index in [1.54, 1.807) is 14.2 Å². The molecule has 2 atom stereocenters. The normalized spacial score (nSPS) is 22.8. The Balaban J connectivity index is 1.63. The summed E-state index contributed by atoms with van der Waals surface area (Å²) in [6.45, 7) is 2.27. The minimum Gasteiger partial charge on any atom is -0.493 e. The van der Waals surface area contributed by atoms with Crippen LogP contribution in [0.3, 0.4) is 0 Å². The van der Waals surface area contributed by atoms with Gasteiger partial charge >= 0.3 is 0 Å². The Labute approximate surface area is 150 Å². The quantitative estimate of drug-likeness (QED) is 0.825. The number of piperidine rings is 1. The summed E-state index contributed by atoms with van der Waals surface area (Å²) < 4.78 is 11.2. The molecule has 1 aliphatic carbocycles. The molecule has 0 N–H and O–H groups in total. The molecule has 1 fully saturated rings. The summed E-state index contributed by atoms with van der Waals surface area (Å²) in [6, 6.07) is 15.9. The van der Waals surface area contributed by atoms with Crippen molar-refractivity contribution in [2.75, 3.05) is 20.8 Å². The van der Waals surface area contributed by atoms with E-state index < -0.39 is 0 Å². The van der Waals surface area contributed by atoms with Crippen molar-refractivity contribution in [1.29, 1.82) is 0 Å². The lowest BCUT2D eigenvalue weighted by Crippen LogP contribution is -2.45. The van der Waals surface area contributed by atoms with Crippen LogP contribution >= 0.6 is 0 Å². The molecule has 0 bridgehead atoms. The van der Waals surface area contributed by atoms with Gasteiger partial charge in [-0.05, 0) is 55.3 Å². The summed E-state index contributed by atoms with van der Waals surface area (Å²) in [5.41, 5.74) is 4.26. The number of nitrogens with zero attached hydrogens (tertiary/aromatic N) is 1. The van der Waals surface area contributed by atoms with Crippen LogP contribution in [0.15, 0.2) is 42.5 Å². The number of methoxy groups -OCH3 is 2. The molecule has 1 saturated heterocycles. The summed E-state index contributed by atoms with van der Waals surface area (Å²) in [4.78, 5) is 2.70. The molecule has 2 aromatic carbocycles. The summed E-state index contributed by atoms with van der Waals surface area (Å²) in [5, 5.41) is 0. The molecular weight excluding hydrogens is 310 g/mol. The van der Waals surface area contributed by atoms with Crippen LogP contribution in [0.2, 0.25) is 0 Å². The van der Waals surface area contributed by atoms with Crippen LogP contribution in [0.5, 0.6) is 11.5 Å². The van der Waals surface area contributed by atoms with Crippen LogP contribution in [-0.4, -0.2) is 31.7 Å². The molecule has 3 nitrogen and oxygen atoms in total. The van der Waals surface area contributed by atoms with E-state index >= 15 is 0 Å². The summed E-state index contributed by atoms with van der Waals surface area (Å²) >= 11 is 0. The number of fused-ring (bicyclic) bond motifs is 3. The zero-order chi connectivity index (χ0) is 17.2. The number of benzene rings is 2. The number of hydrogen-bond acceptors (Lipinski definition) is 3. The summed E-state index contributed by atoms with van der Waals surface area (Å²) in [5.74, 6) is 2.41. The Kier molecular flexibility index (Phi) is 4.67. The lowest BCUT2D eigenvalue weighted by molar-refractivity contribution is 0.104. The van der Waals surface area contributed by atoms with Crippen LogP contribution in [0, 0.1) is 0 Å². The lowest BCUT2D eigenvalue weighted by Gasteiger charge is -2.45. The van der Waals surface area contributed by atoms with Crippen LogP contribution in [0.25, 0.3) is 0 Å². The molecule has 4 rings (SSSR count). The Hall–Kier alpha value is -2.00. The number of rotatable bonds is 4. The van der Waals surface area contributed by atoms with Gasteiger partial charge in [-0.3, -0.25) is 4.90 Å². The molecular formula is C22H27NO2. The van der Waals surface area contributed by atoms with Gasteiger partial charge in [-0.15, -0.1) is 0 Å². The van der Waals surface area contributed by atoms with Gasteiger partial charge in [-0.25, -0.2) is 0 Å². The second-order valence-electron chi connectivity index (χ2n) is 7.18. The first-order valence-electron chi connectivity index (χ1n) is 9.33. The highest BCUT2D eigenvalue weighted by molar-refractivity contribution is 5.53. The van der Waals surface area contributed by atoms with E-state index in [0.717, 1.165) is 24.5 Å². The van der Waals surface area contributed by atoms with Crippen molar-refractivity contribution in [3.05, 3.63) is 59.2 Å². The van der Waals surface area contributed by atoms with Gasteiger partial charge in [-0.1, -0.05) is 36.4 Å². The van der Waals surface area contributed by atoms with E-state index in [1.807, 2.05) is 0 Å². The van der Waals surface area contributed by atoms with Crippen molar-refractivity contribution >= 4 is 0 Å². The fraction of sp³-hybridized carbons (Fsp3) is 0.455. The Bertz CT molecular complexity index is 728. The van der Waals surface area contributed by atoms with Gasteiger partial charge in [0.05, 0.1) is 14.2 Å². The van der Waals surface area contributed by atoms with E-state index in [-0.39, 0.29) is 0 Å². The molecule has 1 aliphatic heterocycles. The van der Waals surface area contributed by atoms with Crippen molar-refractivity contribution in [3.8, 4) is 11.5 Å². The molecule has 0 amide bonds. The maximum atomic E-state index is 5.70. The lowest BCUT2D eigenvalue weighted by atomic mass is 9.74. The topological polar surface area (TPSA) is 21.7 Å². The molecule has 0 radical (unpaired) electrons. The molecule has 132 valence electrons. The highest BCUT2D eigenvalue weighted by Gasteiger charge is 2.37. The van der Waals surface area contributed by atoms with Crippen LogP contribution in [0.4, 0.5) is 0 Å². The molecule has 2 aliphatic rings. The number of likely N-dealkylation sites (tertiary alicyclic amines) is 1. The molecule has 0 spiro atoms. The van der Waals surface area contributed by atoms with Crippen molar-refractivity contribution in [2.24, 2.45) is 0 Å². The Morgan fingerprint density at radius 1 is 1.00 bits per heavy atom. The number of hydrogen-bond donors (Lipinski definition) is 0. The van der Waals surface area contributed by atoms with Gasteiger partial charge in [0, 0.05) is 18.2 Å². The first kappa shape index (κ1) is 16.5. The van der Waals surface area contributed by atoms with Crippen LogP contribution < -0.4 is 9.47 Å². The maximum absolute atomic E-state index is 5.70. The van der Waals surface area contributed by atoms with Gasteiger partial charge < -0.3 is 9.47 Å². The largest absolute Gasteiger partial charge is 0.493 e. The predicted molar refractivity (Wildman–Crippen MR) is 100 cm³/mol. The average molecular weight is 337 g/mol. The van der Waals surface area contributed by atoms with Gasteiger partial charge in [0.25, 0.3) is 0 Å². The molecule has 0 saturated carbocycles. The molecule has 25 heavy (non-hydrogen) atoms. The van der Waals surface area contributed by atoms with E-state index in [4.69, 9.17) is 9.47 Å². The van der Waals surface area contributed by atoms with E-state index in [1.165, 1.54) is 42.5 Å². The Morgan fingerprint density at radius 3 is 2.60 bits per heavy atom. The second-order valence-corrected chi connectivity index (χ2v) is 7.18. The minimum atomic E-state index is 0.612. The molecule has 0 unspecified atom stereocenters. The SMILES string of the molecule is COc1ccc2c(c1OC)CC[C@@H]1[C@H]2CCCN1Cc1ccccc1. The molecule has 1 heterocycles. The van der Waals surface area contributed by atoms with Crippen LogP contribution in [0.1, 0.15) is 41.9 Å². The Morgan fingerprint density at radius 2 is 1.84 bits per heavy atom. The molecule has 3 heteroatoms. The third-order valence-corrected chi connectivity index (χ3v) is 5.90. The third-order valence-electron chi connectivity index (χ3n) is 5.90. The fourth-order valence-corrected chi connectivity index (χ4v) is 4.79. The standard InChI is InChI=1S/C22H27NO2/c1-24-21-13-11-17-18-9-6-14-23(15-16-7-4-3-5-8-16)20(18)12-10-19(17)22(21)25-2/h3-5,7-8,11,13,18,20H,6,9-10,12,14-15H2,1-2H3/t18-,20+/m0/s1. The average Bonchev–Trinajstić information content (AvgIpc) is 2.67. The highest BCUT2D eigenvalue weighted by atomic mass is 16.5. The molecule has 0 aromatic heterocycles. The third kappa shape index (κ3) is 3.02. The zero-order valence-electron chi connectivity index (χ0n) is 15.2. The van der Waals surface area contributed by atoms with Crippen LogP contribution in [-0.2, 0) is 13.0 Å². The van der Waals surface area contributed by atoms with Gasteiger partial charge in [-0.2, -0.15) is 0 Å². The van der Waals surface area contributed by atoms with Crippen molar-refractivity contribution < 1.29 is 9.47 Å². The highest BCUT2D eigenvalue weighted by Crippen LogP contribution is 2.46. The first-order chi connectivity index (χ1) is 12.3. The number of ether oxygens (including phenoxy) is 2. The fourth-order valence-electron chi connectivity index (χ4n) is 4.79. The van der Waals surface area contributed by atoms with E-state index in [9.17, 15) is 0 Å². The van der Waals surface area contributed by atoms with Gasteiger partial charge in [0.1, 0.15) is 0 Å². The van der Waals surface area contributed by atoms with Gasteiger partial charge in [0.15, 0.2) is 11.5 Å². The van der Waals surface area contributed by atoms with E-state index in [0.29, 0.717) is 12.0 Å². The van der Waals surface area contributed by atoms with Crippen molar-refractivity contribution in [3.63, 3.8) is 0 Å². The minimum absolute atomic E-state index is 0.612. The predicted octanol–water partition coefficient (Wildman–Crippen LogP) is 4.40. The summed E-state index contributed by atoms with van der Waals surface area (Å²) in [7, 11) is 3.48. The van der Waals surface area contributed by atoms with Crippen molar-refractivity contribution in [1.82, 2.24) is 4.90 Å². The maximum Gasteiger partial charge on any atom is 0.164 e. The molecule has 2 aromatic rings. The van der Waals surface area contributed by atoms with Crippen molar-refractivity contribution in [2.45, 2.75) is 44.2 Å².